The van der Waals surface area contributed by atoms with E-state index in [1.807, 2.05) is 36.4 Å². The van der Waals surface area contributed by atoms with Crippen molar-refractivity contribution < 1.29 is 9.53 Å². The lowest BCUT2D eigenvalue weighted by molar-refractivity contribution is 0.0875. The molecule has 0 radical (unpaired) electrons. The van der Waals surface area contributed by atoms with Gasteiger partial charge in [0.1, 0.15) is 5.75 Å². The van der Waals surface area contributed by atoms with Crippen LogP contribution in [0.5, 0.6) is 11.6 Å². The largest absolute Gasteiger partial charge is 0.438 e. The highest BCUT2D eigenvalue weighted by atomic mass is 16.5. The molecule has 2 aromatic rings. The van der Waals surface area contributed by atoms with Crippen LogP contribution in [0.2, 0.25) is 0 Å². The van der Waals surface area contributed by atoms with Crippen molar-refractivity contribution in [2.24, 2.45) is 0 Å². The summed E-state index contributed by atoms with van der Waals surface area (Å²) in [5, 5.41) is 0. The summed E-state index contributed by atoms with van der Waals surface area (Å²) in [5.74, 6) is 1.25. The normalized spacial score (nSPS) is 15.3. The highest BCUT2D eigenvalue weighted by Gasteiger charge is 2.34. The van der Waals surface area contributed by atoms with Crippen LogP contribution < -0.4 is 4.74 Å². The standard InChI is InChI=1S/C15H10N2O2/c1-17-11-8-9-4-3-7-16-14(9)19-12-6-2-5-10(13(11)12)15(17)18/h2-8H,1H3. The lowest BCUT2D eigenvalue weighted by Crippen LogP contribution is -2.16. The first-order valence-electron chi connectivity index (χ1n) is 6.02. The summed E-state index contributed by atoms with van der Waals surface area (Å²) in [6.07, 6.45) is 3.64. The number of pyridine rings is 1. The van der Waals surface area contributed by atoms with Crippen molar-refractivity contribution in [2.75, 3.05) is 7.05 Å². The van der Waals surface area contributed by atoms with Crippen molar-refractivity contribution in [1.82, 2.24) is 9.88 Å². The summed E-state index contributed by atoms with van der Waals surface area (Å²) in [4.78, 5) is 18.1. The van der Waals surface area contributed by atoms with Crippen LogP contribution in [0.25, 0.3) is 11.8 Å². The number of fused-ring (bicyclic) bond motifs is 1. The Hall–Kier alpha value is -2.62. The van der Waals surface area contributed by atoms with Gasteiger partial charge in [0.05, 0.1) is 16.8 Å². The predicted octanol–water partition coefficient (Wildman–Crippen LogP) is 2.77. The zero-order valence-electron chi connectivity index (χ0n) is 10.3. The van der Waals surface area contributed by atoms with Crippen molar-refractivity contribution in [3.8, 4) is 11.6 Å². The molecule has 0 N–H and O–H groups in total. The molecular weight excluding hydrogens is 240 g/mol. The second-order valence-corrected chi connectivity index (χ2v) is 4.57. The Labute approximate surface area is 110 Å². The first-order valence-corrected chi connectivity index (χ1v) is 6.02. The van der Waals surface area contributed by atoms with E-state index in [4.69, 9.17) is 4.74 Å². The van der Waals surface area contributed by atoms with Gasteiger partial charge in [0.25, 0.3) is 5.91 Å². The second-order valence-electron chi connectivity index (χ2n) is 4.57. The summed E-state index contributed by atoms with van der Waals surface area (Å²) in [6.45, 7) is 0. The van der Waals surface area contributed by atoms with Crippen LogP contribution in [0.1, 0.15) is 21.5 Å². The lowest BCUT2D eigenvalue weighted by atomic mass is 10.1. The molecule has 1 aromatic carbocycles. The van der Waals surface area contributed by atoms with Crippen molar-refractivity contribution in [3.05, 3.63) is 53.2 Å². The van der Waals surface area contributed by atoms with Gasteiger partial charge < -0.3 is 9.64 Å². The van der Waals surface area contributed by atoms with Crippen molar-refractivity contribution in [1.29, 1.82) is 0 Å². The highest BCUT2D eigenvalue weighted by molar-refractivity contribution is 6.13. The average Bonchev–Trinajstić information content (AvgIpc) is 2.61. The van der Waals surface area contributed by atoms with E-state index in [9.17, 15) is 4.79 Å². The monoisotopic (exact) mass is 250 g/mol. The Morgan fingerprint density at radius 3 is 3.00 bits per heavy atom. The highest BCUT2D eigenvalue weighted by Crippen LogP contribution is 2.43. The van der Waals surface area contributed by atoms with Gasteiger partial charge in [-0.25, -0.2) is 4.98 Å². The molecule has 0 saturated carbocycles. The van der Waals surface area contributed by atoms with Crippen LogP contribution in [0.15, 0.2) is 36.5 Å². The van der Waals surface area contributed by atoms with Crippen LogP contribution in [0, 0.1) is 0 Å². The molecule has 0 unspecified atom stereocenters. The molecule has 4 heteroatoms. The molecule has 1 aromatic heterocycles. The number of carbonyl (C=O) groups excluding carboxylic acids is 1. The topological polar surface area (TPSA) is 42.4 Å². The lowest BCUT2D eigenvalue weighted by Gasteiger charge is -2.10. The molecule has 0 atom stereocenters. The van der Waals surface area contributed by atoms with Crippen molar-refractivity contribution in [2.45, 2.75) is 0 Å². The molecule has 19 heavy (non-hydrogen) atoms. The summed E-state index contributed by atoms with van der Waals surface area (Å²) < 4.78 is 5.85. The van der Waals surface area contributed by atoms with Crippen LogP contribution >= 0.6 is 0 Å². The molecule has 2 aliphatic heterocycles. The number of amides is 1. The average molecular weight is 250 g/mol. The Morgan fingerprint density at radius 2 is 2.11 bits per heavy atom. The van der Waals surface area contributed by atoms with E-state index in [-0.39, 0.29) is 5.91 Å². The number of carbonyl (C=O) groups is 1. The Morgan fingerprint density at radius 1 is 1.21 bits per heavy atom. The number of aromatic nitrogens is 1. The number of ether oxygens (including phenoxy) is 1. The summed E-state index contributed by atoms with van der Waals surface area (Å²) in [6, 6.07) is 9.30. The molecule has 3 heterocycles. The Balaban J connectivity index is 2.08. The van der Waals surface area contributed by atoms with Gasteiger partial charge in [0.2, 0.25) is 5.88 Å². The van der Waals surface area contributed by atoms with Gasteiger partial charge in [-0.15, -0.1) is 0 Å². The van der Waals surface area contributed by atoms with Crippen molar-refractivity contribution >= 4 is 17.7 Å². The van der Waals surface area contributed by atoms with Gasteiger partial charge in [-0.05, 0) is 30.3 Å². The quantitative estimate of drug-likeness (QED) is 0.722. The molecular formula is C15H10N2O2. The maximum absolute atomic E-state index is 12.2. The summed E-state index contributed by atoms with van der Waals surface area (Å²) in [7, 11) is 1.78. The molecule has 0 bridgehead atoms. The molecule has 0 aliphatic carbocycles. The van der Waals surface area contributed by atoms with Crippen LogP contribution in [0.4, 0.5) is 0 Å². The third-order valence-corrected chi connectivity index (χ3v) is 3.48. The molecule has 4 nitrogen and oxygen atoms in total. The third-order valence-electron chi connectivity index (χ3n) is 3.48. The Bertz CT molecular complexity index is 750. The van der Waals surface area contributed by atoms with Gasteiger partial charge in [-0.3, -0.25) is 4.79 Å². The molecule has 4 rings (SSSR count). The summed E-state index contributed by atoms with van der Waals surface area (Å²) in [5.41, 5.74) is 3.27. The van der Waals surface area contributed by atoms with Crippen LogP contribution in [-0.4, -0.2) is 22.8 Å². The van der Waals surface area contributed by atoms with E-state index in [0.29, 0.717) is 17.2 Å². The SMILES string of the molecule is CN1C(=O)c2cccc3c2C1=Cc1cccnc1O3. The van der Waals surface area contributed by atoms with E-state index in [0.717, 1.165) is 16.8 Å². The maximum atomic E-state index is 12.2. The molecule has 0 saturated heterocycles. The van der Waals surface area contributed by atoms with Gasteiger partial charge in [0.15, 0.2) is 0 Å². The fraction of sp³-hybridized carbons (Fsp3) is 0.0667. The first kappa shape index (κ1) is 10.3. The van der Waals surface area contributed by atoms with E-state index < -0.39 is 0 Å². The zero-order chi connectivity index (χ0) is 13.0. The molecule has 0 fully saturated rings. The van der Waals surface area contributed by atoms with Gasteiger partial charge in [0, 0.05) is 18.8 Å². The van der Waals surface area contributed by atoms with E-state index in [1.165, 1.54) is 0 Å². The number of nitrogens with zero attached hydrogens (tertiary/aromatic N) is 2. The first-order chi connectivity index (χ1) is 9.25. The third kappa shape index (κ3) is 1.28. The Kier molecular flexibility index (Phi) is 1.87. The number of benzene rings is 1. The number of rotatable bonds is 0. The zero-order valence-corrected chi connectivity index (χ0v) is 10.3. The van der Waals surface area contributed by atoms with Crippen LogP contribution in [0.3, 0.4) is 0 Å². The summed E-state index contributed by atoms with van der Waals surface area (Å²) >= 11 is 0. The second kappa shape index (κ2) is 3.45. The van der Waals surface area contributed by atoms with Gasteiger partial charge in [-0.2, -0.15) is 0 Å². The maximum Gasteiger partial charge on any atom is 0.258 e. The number of hydrogen-bond acceptors (Lipinski definition) is 3. The molecule has 92 valence electrons. The smallest absolute Gasteiger partial charge is 0.258 e. The minimum absolute atomic E-state index is 0.000889. The van der Waals surface area contributed by atoms with E-state index in [1.54, 1.807) is 18.1 Å². The van der Waals surface area contributed by atoms with Crippen molar-refractivity contribution in [3.63, 3.8) is 0 Å². The molecule has 0 spiro atoms. The van der Waals surface area contributed by atoms with E-state index in [2.05, 4.69) is 4.98 Å². The van der Waals surface area contributed by atoms with Gasteiger partial charge >= 0.3 is 0 Å². The molecule has 2 aliphatic rings. The predicted molar refractivity (Wildman–Crippen MR) is 70.7 cm³/mol. The fourth-order valence-corrected chi connectivity index (χ4v) is 2.54. The van der Waals surface area contributed by atoms with Crippen LogP contribution in [-0.2, 0) is 0 Å². The minimum atomic E-state index is -0.000889. The fourth-order valence-electron chi connectivity index (χ4n) is 2.54. The van der Waals surface area contributed by atoms with E-state index >= 15 is 0 Å². The minimum Gasteiger partial charge on any atom is -0.438 e. The van der Waals surface area contributed by atoms with Gasteiger partial charge in [-0.1, -0.05) is 6.07 Å². The molecule has 1 amide bonds. The number of hydrogen-bond donors (Lipinski definition) is 0.